The minimum absolute atomic E-state index is 0.0318. The molecular weight excluding hydrogens is 342 g/mol. The van der Waals surface area contributed by atoms with Crippen molar-refractivity contribution in [3.8, 4) is 0 Å². The van der Waals surface area contributed by atoms with E-state index in [2.05, 4.69) is 9.80 Å². The van der Waals surface area contributed by atoms with Gasteiger partial charge in [0.25, 0.3) is 0 Å². The summed E-state index contributed by atoms with van der Waals surface area (Å²) in [7, 11) is 0. The topological polar surface area (TPSA) is 60.9 Å². The SMILES string of the molecule is O=C1CCC(=O)N1CCN1CCN(C(=O)C23CC4CC(CC(C4)C2)C3)CC1. The van der Waals surface area contributed by atoms with Crippen LogP contribution in [0.4, 0.5) is 0 Å². The number of hydrogen-bond acceptors (Lipinski definition) is 4. The van der Waals surface area contributed by atoms with Crippen LogP contribution in [0.25, 0.3) is 0 Å². The monoisotopic (exact) mass is 373 g/mol. The molecule has 6 aliphatic rings. The standard InChI is InChI=1S/C21H31N3O3/c25-18-1-2-19(26)24(18)8-5-22-3-6-23(7-4-22)20(27)21-12-15-9-16(13-21)11-17(10-15)14-21/h15-17H,1-14H2. The number of nitrogens with zero attached hydrogens (tertiary/aromatic N) is 3. The molecular formula is C21H31N3O3. The Bertz CT molecular complexity index is 602. The van der Waals surface area contributed by atoms with Crippen LogP contribution in [-0.2, 0) is 14.4 Å². The van der Waals surface area contributed by atoms with Gasteiger partial charge in [-0.1, -0.05) is 0 Å². The summed E-state index contributed by atoms with van der Waals surface area (Å²) in [6.07, 6.45) is 8.25. The van der Waals surface area contributed by atoms with Crippen LogP contribution in [0.2, 0.25) is 0 Å². The molecule has 0 radical (unpaired) electrons. The van der Waals surface area contributed by atoms with Gasteiger partial charge in [0.05, 0.1) is 5.41 Å². The molecule has 0 atom stereocenters. The number of hydrogen-bond donors (Lipinski definition) is 0. The summed E-state index contributed by atoms with van der Waals surface area (Å²) in [5.74, 6) is 2.78. The predicted molar refractivity (Wildman–Crippen MR) is 99.6 cm³/mol. The second-order valence-electron chi connectivity index (χ2n) is 9.77. The van der Waals surface area contributed by atoms with E-state index in [0.29, 0.717) is 25.3 Å². The van der Waals surface area contributed by atoms with Gasteiger partial charge >= 0.3 is 0 Å². The van der Waals surface area contributed by atoms with E-state index >= 15 is 0 Å². The lowest BCUT2D eigenvalue weighted by molar-refractivity contribution is -0.159. The summed E-state index contributed by atoms with van der Waals surface area (Å²) in [6.45, 7) is 4.53. The Morgan fingerprint density at radius 2 is 1.33 bits per heavy atom. The van der Waals surface area contributed by atoms with Crippen LogP contribution in [0, 0.1) is 23.2 Å². The molecule has 2 heterocycles. The van der Waals surface area contributed by atoms with Crippen LogP contribution < -0.4 is 0 Å². The fourth-order valence-electron chi connectivity index (χ4n) is 7.00. The van der Waals surface area contributed by atoms with Gasteiger partial charge in [0.1, 0.15) is 0 Å². The molecule has 6 rings (SSSR count). The number of piperazine rings is 1. The number of carbonyl (C=O) groups is 3. The first kappa shape index (κ1) is 17.7. The van der Waals surface area contributed by atoms with Gasteiger partial charge in [-0.2, -0.15) is 0 Å². The highest BCUT2D eigenvalue weighted by atomic mass is 16.2. The number of carbonyl (C=O) groups excluding carboxylic acids is 3. The summed E-state index contributed by atoms with van der Waals surface area (Å²) in [6, 6.07) is 0. The van der Waals surface area contributed by atoms with Crippen LogP contribution in [-0.4, -0.2) is 71.7 Å². The largest absolute Gasteiger partial charge is 0.340 e. The predicted octanol–water partition coefficient (Wildman–Crippen LogP) is 1.50. The first-order chi connectivity index (χ1) is 13.0. The van der Waals surface area contributed by atoms with Gasteiger partial charge in [0.2, 0.25) is 17.7 Å². The molecule has 0 aromatic heterocycles. The molecule has 6 heteroatoms. The molecule has 4 bridgehead atoms. The minimum Gasteiger partial charge on any atom is -0.340 e. The lowest BCUT2D eigenvalue weighted by atomic mass is 9.49. The van der Waals surface area contributed by atoms with Gasteiger partial charge in [-0.05, 0) is 56.3 Å². The lowest BCUT2D eigenvalue weighted by Gasteiger charge is -2.57. The molecule has 0 aromatic carbocycles. The Hall–Kier alpha value is -1.43. The highest BCUT2D eigenvalue weighted by molar-refractivity contribution is 6.01. The molecule has 0 N–H and O–H groups in total. The molecule has 2 saturated heterocycles. The fourth-order valence-corrected chi connectivity index (χ4v) is 7.00. The summed E-state index contributed by atoms with van der Waals surface area (Å²) < 4.78 is 0. The molecule has 0 spiro atoms. The van der Waals surface area contributed by atoms with Crippen molar-refractivity contribution in [2.75, 3.05) is 39.3 Å². The smallest absolute Gasteiger partial charge is 0.229 e. The van der Waals surface area contributed by atoms with Crippen molar-refractivity contribution in [3.05, 3.63) is 0 Å². The van der Waals surface area contributed by atoms with Crippen molar-refractivity contribution in [3.63, 3.8) is 0 Å². The first-order valence-electron chi connectivity index (χ1n) is 10.9. The highest BCUT2D eigenvalue weighted by Gasteiger charge is 2.55. The number of amides is 3. The van der Waals surface area contributed by atoms with E-state index in [1.54, 1.807) is 0 Å². The van der Waals surface area contributed by atoms with Gasteiger partial charge in [0.15, 0.2) is 0 Å². The lowest BCUT2D eigenvalue weighted by Crippen LogP contribution is -2.58. The van der Waals surface area contributed by atoms with E-state index in [-0.39, 0.29) is 17.2 Å². The van der Waals surface area contributed by atoms with E-state index in [4.69, 9.17) is 0 Å². The summed E-state index contributed by atoms with van der Waals surface area (Å²) in [5.41, 5.74) is -0.0364. The van der Waals surface area contributed by atoms with Gasteiger partial charge in [-0.25, -0.2) is 0 Å². The van der Waals surface area contributed by atoms with E-state index < -0.39 is 0 Å². The summed E-state index contributed by atoms with van der Waals surface area (Å²) in [5, 5.41) is 0. The Kier molecular flexibility index (Phi) is 4.30. The maximum absolute atomic E-state index is 13.4. The molecule has 6 fully saturated rings. The van der Waals surface area contributed by atoms with Crippen LogP contribution in [0.5, 0.6) is 0 Å². The molecule has 148 valence electrons. The molecule has 6 nitrogen and oxygen atoms in total. The first-order valence-corrected chi connectivity index (χ1v) is 10.9. The van der Waals surface area contributed by atoms with Crippen LogP contribution in [0.3, 0.4) is 0 Å². The molecule has 4 aliphatic carbocycles. The number of imide groups is 1. The van der Waals surface area contributed by atoms with Crippen molar-refractivity contribution in [1.29, 1.82) is 0 Å². The average Bonchev–Trinajstić information content (AvgIpc) is 2.97. The number of likely N-dealkylation sites (tertiary alicyclic amines) is 1. The summed E-state index contributed by atoms with van der Waals surface area (Å²) >= 11 is 0. The van der Waals surface area contributed by atoms with Crippen molar-refractivity contribution in [2.45, 2.75) is 51.4 Å². The van der Waals surface area contributed by atoms with Crippen molar-refractivity contribution >= 4 is 17.7 Å². The van der Waals surface area contributed by atoms with Gasteiger partial charge in [0, 0.05) is 52.1 Å². The molecule has 0 aromatic rings. The molecule has 0 unspecified atom stereocenters. The Labute approximate surface area is 161 Å². The average molecular weight is 373 g/mol. The zero-order valence-electron chi connectivity index (χ0n) is 16.2. The van der Waals surface area contributed by atoms with Crippen molar-refractivity contribution in [2.24, 2.45) is 23.2 Å². The normalized spacial score (nSPS) is 38.9. The Morgan fingerprint density at radius 3 is 1.85 bits per heavy atom. The van der Waals surface area contributed by atoms with Crippen LogP contribution in [0.15, 0.2) is 0 Å². The Balaban J connectivity index is 1.15. The van der Waals surface area contributed by atoms with Gasteiger partial charge in [-0.3, -0.25) is 24.2 Å². The second-order valence-corrected chi connectivity index (χ2v) is 9.77. The van der Waals surface area contributed by atoms with Crippen molar-refractivity contribution < 1.29 is 14.4 Å². The van der Waals surface area contributed by atoms with Crippen LogP contribution in [0.1, 0.15) is 51.4 Å². The van der Waals surface area contributed by atoms with E-state index in [0.717, 1.165) is 69.7 Å². The van der Waals surface area contributed by atoms with E-state index in [1.165, 1.54) is 24.2 Å². The zero-order valence-corrected chi connectivity index (χ0v) is 16.2. The minimum atomic E-state index is -0.0364. The number of rotatable bonds is 4. The fraction of sp³-hybridized carbons (Fsp3) is 0.857. The molecule has 4 saturated carbocycles. The highest BCUT2D eigenvalue weighted by Crippen LogP contribution is 2.60. The maximum Gasteiger partial charge on any atom is 0.229 e. The van der Waals surface area contributed by atoms with E-state index in [1.807, 2.05) is 0 Å². The molecule has 3 amide bonds. The Morgan fingerprint density at radius 1 is 0.815 bits per heavy atom. The quantitative estimate of drug-likeness (QED) is 0.701. The zero-order chi connectivity index (χ0) is 18.6. The maximum atomic E-state index is 13.4. The van der Waals surface area contributed by atoms with E-state index in [9.17, 15) is 14.4 Å². The summed E-state index contributed by atoms with van der Waals surface area (Å²) in [4.78, 5) is 42.7. The van der Waals surface area contributed by atoms with Crippen LogP contribution >= 0.6 is 0 Å². The van der Waals surface area contributed by atoms with Crippen molar-refractivity contribution in [1.82, 2.24) is 14.7 Å². The van der Waals surface area contributed by atoms with Gasteiger partial charge in [-0.15, -0.1) is 0 Å². The third-order valence-corrected chi connectivity index (χ3v) is 7.95. The molecule has 2 aliphatic heterocycles. The third-order valence-electron chi connectivity index (χ3n) is 7.95. The molecule has 27 heavy (non-hydrogen) atoms. The third kappa shape index (κ3) is 3.10. The second kappa shape index (κ2) is 6.57. The van der Waals surface area contributed by atoms with Gasteiger partial charge < -0.3 is 4.90 Å².